The number of aromatic amines is 1. The molecule has 1 aromatic carbocycles. The summed E-state index contributed by atoms with van der Waals surface area (Å²) < 4.78 is 6.50. The average Bonchev–Trinajstić information content (AvgIpc) is 3.33. The molecule has 2 aliphatic rings. The molecule has 2 N–H and O–H groups in total. The normalized spacial score (nSPS) is 15.3. The van der Waals surface area contributed by atoms with Gasteiger partial charge in [0.2, 0.25) is 11.7 Å². The van der Waals surface area contributed by atoms with Crippen LogP contribution < -0.4 is 15.6 Å². The number of ether oxygens (including phenoxy) is 1. The Morgan fingerprint density at radius 3 is 2.46 bits per heavy atom. The monoisotopic (exact) mass is 351 g/mol. The molecule has 7 nitrogen and oxygen atoms in total. The maximum absolute atomic E-state index is 12.5. The second kappa shape index (κ2) is 5.59. The predicted octanol–water partition coefficient (Wildman–Crippen LogP) is 2.46. The van der Waals surface area contributed by atoms with Crippen molar-refractivity contribution in [1.29, 1.82) is 0 Å². The summed E-state index contributed by atoms with van der Waals surface area (Å²) in [6.45, 7) is 1.75. The van der Waals surface area contributed by atoms with Crippen LogP contribution in [0, 0.1) is 6.92 Å². The lowest BCUT2D eigenvalue weighted by Crippen LogP contribution is -2.18. The smallest absolute Gasteiger partial charge is 0.316 e. The van der Waals surface area contributed by atoms with E-state index in [2.05, 4.69) is 26.4 Å². The van der Waals surface area contributed by atoms with Gasteiger partial charge in [-0.3, -0.25) is 9.89 Å². The topological polar surface area (TPSA) is 84.3 Å². The molecule has 26 heavy (non-hydrogen) atoms. The first-order valence-corrected chi connectivity index (χ1v) is 9.12. The fourth-order valence-corrected chi connectivity index (χ4v) is 4.38. The number of benzene rings is 1. The van der Waals surface area contributed by atoms with E-state index in [-0.39, 0.29) is 11.3 Å². The zero-order valence-corrected chi connectivity index (χ0v) is 15.0. The first-order chi connectivity index (χ1) is 12.7. The Morgan fingerprint density at radius 2 is 1.81 bits per heavy atom. The summed E-state index contributed by atoms with van der Waals surface area (Å²) in [6, 6.07) is 2.40. The van der Waals surface area contributed by atoms with Crippen molar-refractivity contribution in [2.75, 3.05) is 12.4 Å². The molecule has 7 heteroatoms. The van der Waals surface area contributed by atoms with Gasteiger partial charge in [-0.25, -0.2) is 4.98 Å². The first-order valence-electron chi connectivity index (χ1n) is 9.12. The van der Waals surface area contributed by atoms with Crippen LogP contribution in [0.1, 0.15) is 40.8 Å². The summed E-state index contributed by atoms with van der Waals surface area (Å²) in [6.07, 6.45) is 6.88. The minimum absolute atomic E-state index is 0.235. The van der Waals surface area contributed by atoms with Crippen LogP contribution in [0.3, 0.4) is 0 Å². The van der Waals surface area contributed by atoms with Crippen LogP contribution in [-0.2, 0) is 25.7 Å². The molecule has 0 saturated heterocycles. The van der Waals surface area contributed by atoms with Crippen molar-refractivity contribution in [3.05, 3.63) is 44.4 Å². The molecule has 0 radical (unpaired) electrons. The fraction of sp³-hybridized carbons (Fsp3) is 0.421. The molecule has 2 aromatic heterocycles. The van der Waals surface area contributed by atoms with E-state index in [4.69, 9.17) is 4.74 Å². The lowest BCUT2D eigenvalue weighted by atomic mass is 9.99. The van der Waals surface area contributed by atoms with Gasteiger partial charge < -0.3 is 10.1 Å². The number of aryl methyl sites for hydroxylation is 3. The van der Waals surface area contributed by atoms with Crippen molar-refractivity contribution >= 4 is 17.4 Å². The lowest BCUT2D eigenvalue weighted by molar-refractivity contribution is 0.400. The first kappa shape index (κ1) is 15.4. The van der Waals surface area contributed by atoms with Crippen LogP contribution in [0.25, 0.3) is 5.78 Å². The molecule has 0 unspecified atom stereocenters. The van der Waals surface area contributed by atoms with Crippen molar-refractivity contribution in [2.45, 2.75) is 45.4 Å². The molecule has 0 aliphatic heterocycles. The van der Waals surface area contributed by atoms with Gasteiger partial charge in [-0.2, -0.15) is 9.50 Å². The Labute approximate surface area is 150 Å². The quantitative estimate of drug-likeness (QED) is 0.757. The summed E-state index contributed by atoms with van der Waals surface area (Å²) in [5, 5.41) is 6.51. The predicted molar refractivity (Wildman–Crippen MR) is 98.7 cm³/mol. The number of aromatic nitrogens is 4. The Kier molecular flexibility index (Phi) is 3.32. The van der Waals surface area contributed by atoms with E-state index in [0.717, 1.165) is 25.7 Å². The molecule has 0 bridgehead atoms. The SMILES string of the molecule is COc1c(C)nc2nc(Nc3c4c(cc5c3CCC5)CCC4)[nH]n2c1=O. The molecule has 0 fully saturated rings. The second-order valence-corrected chi connectivity index (χ2v) is 7.10. The Bertz CT molecular complexity index is 1060. The van der Waals surface area contributed by atoms with Gasteiger partial charge in [0.15, 0.2) is 0 Å². The molecule has 2 aliphatic carbocycles. The van der Waals surface area contributed by atoms with Gasteiger partial charge in [0.25, 0.3) is 5.78 Å². The van der Waals surface area contributed by atoms with Gasteiger partial charge in [0.05, 0.1) is 12.8 Å². The van der Waals surface area contributed by atoms with Crippen LogP contribution in [0.15, 0.2) is 10.9 Å². The Balaban J connectivity index is 1.63. The molecule has 0 amide bonds. The standard InChI is InChI=1S/C19H21N5O2/c1-10-16(26-2)17(25)24-19(20-10)22-18(23-24)21-15-13-7-3-5-11(13)9-12-6-4-8-14(12)15/h9H,3-8H2,1-2H3,(H2,20,21,22,23). The van der Waals surface area contributed by atoms with Gasteiger partial charge in [-0.05, 0) is 67.7 Å². The Morgan fingerprint density at radius 1 is 1.12 bits per heavy atom. The van der Waals surface area contributed by atoms with Crippen molar-refractivity contribution in [3.8, 4) is 5.75 Å². The highest BCUT2D eigenvalue weighted by atomic mass is 16.5. The van der Waals surface area contributed by atoms with E-state index in [9.17, 15) is 4.79 Å². The van der Waals surface area contributed by atoms with Gasteiger partial charge in [0.1, 0.15) is 0 Å². The van der Waals surface area contributed by atoms with E-state index >= 15 is 0 Å². The van der Waals surface area contributed by atoms with Gasteiger partial charge in [-0.1, -0.05) is 6.07 Å². The number of nitrogens with one attached hydrogen (secondary N) is 2. The van der Waals surface area contributed by atoms with E-state index < -0.39 is 0 Å². The summed E-state index contributed by atoms with van der Waals surface area (Å²) >= 11 is 0. The van der Waals surface area contributed by atoms with E-state index in [1.165, 1.54) is 52.4 Å². The van der Waals surface area contributed by atoms with Crippen molar-refractivity contribution in [2.24, 2.45) is 0 Å². The molecule has 2 heterocycles. The maximum atomic E-state index is 12.5. The molecule has 5 rings (SSSR count). The number of hydrogen-bond donors (Lipinski definition) is 2. The zero-order chi connectivity index (χ0) is 17.8. The second-order valence-electron chi connectivity index (χ2n) is 7.10. The zero-order valence-electron chi connectivity index (χ0n) is 15.0. The number of anilines is 2. The third kappa shape index (κ3) is 2.16. The largest absolute Gasteiger partial charge is 0.490 e. The molecular weight excluding hydrogens is 330 g/mol. The summed E-state index contributed by atoms with van der Waals surface area (Å²) in [4.78, 5) is 21.4. The van der Waals surface area contributed by atoms with Crippen molar-refractivity contribution in [1.82, 2.24) is 19.6 Å². The average molecular weight is 351 g/mol. The van der Waals surface area contributed by atoms with Gasteiger partial charge in [-0.15, -0.1) is 0 Å². The van der Waals surface area contributed by atoms with E-state index in [1.807, 2.05) is 0 Å². The maximum Gasteiger partial charge on any atom is 0.316 e. The third-order valence-corrected chi connectivity index (χ3v) is 5.54. The highest BCUT2D eigenvalue weighted by molar-refractivity contribution is 5.70. The third-order valence-electron chi connectivity index (χ3n) is 5.54. The molecule has 3 aromatic rings. The summed E-state index contributed by atoms with van der Waals surface area (Å²) in [5.41, 5.74) is 7.16. The molecule has 0 spiro atoms. The highest BCUT2D eigenvalue weighted by Gasteiger charge is 2.25. The number of methoxy groups -OCH3 is 1. The van der Waals surface area contributed by atoms with Crippen LogP contribution in [0.4, 0.5) is 11.6 Å². The number of rotatable bonds is 3. The minimum Gasteiger partial charge on any atom is -0.490 e. The molecular formula is C19H21N5O2. The van der Waals surface area contributed by atoms with Gasteiger partial charge >= 0.3 is 5.56 Å². The minimum atomic E-state index is -0.279. The van der Waals surface area contributed by atoms with Crippen molar-refractivity contribution < 1.29 is 4.74 Å². The fourth-order valence-electron chi connectivity index (χ4n) is 4.38. The van der Waals surface area contributed by atoms with E-state index in [1.54, 1.807) is 6.92 Å². The molecule has 0 atom stereocenters. The van der Waals surface area contributed by atoms with E-state index in [0.29, 0.717) is 17.4 Å². The lowest BCUT2D eigenvalue weighted by Gasteiger charge is -2.15. The number of hydrogen-bond acceptors (Lipinski definition) is 5. The Hall–Kier alpha value is -2.83. The highest BCUT2D eigenvalue weighted by Crippen LogP contribution is 2.39. The van der Waals surface area contributed by atoms with Crippen LogP contribution in [0.5, 0.6) is 5.75 Å². The van der Waals surface area contributed by atoms with Crippen LogP contribution >= 0.6 is 0 Å². The van der Waals surface area contributed by atoms with Crippen LogP contribution in [0.2, 0.25) is 0 Å². The number of H-pyrrole nitrogens is 1. The molecule has 0 saturated carbocycles. The van der Waals surface area contributed by atoms with Crippen LogP contribution in [-0.4, -0.2) is 26.7 Å². The number of nitrogens with zero attached hydrogens (tertiary/aromatic N) is 3. The van der Waals surface area contributed by atoms with Gasteiger partial charge in [0, 0.05) is 5.69 Å². The number of fused-ring (bicyclic) bond motifs is 3. The molecule has 134 valence electrons. The van der Waals surface area contributed by atoms with Crippen molar-refractivity contribution in [3.63, 3.8) is 0 Å². The summed E-state index contributed by atoms with van der Waals surface area (Å²) in [7, 11) is 1.48. The summed E-state index contributed by atoms with van der Waals surface area (Å²) in [5.74, 6) is 1.12.